The molecule has 3 N–H and O–H groups in total. The number of rotatable bonds is 5. The van der Waals surface area contributed by atoms with E-state index in [1.165, 1.54) is 23.5 Å². The number of carbonyl (C=O) groups excluding carboxylic acids is 2. The van der Waals surface area contributed by atoms with Gasteiger partial charge in [0.25, 0.3) is 5.91 Å². The first-order valence-electron chi connectivity index (χ1n) is 8.72. The first-order chi connectivity index (χ1) is 13.0. The summed E-state index contributed by atoms with van der Waals surface area (Å²) in [5.74, 6) is -0.706. The van der Waals surface area contributed by atoms with Crippen molar-refractivity contribution in [3.05, 3.63) is 46.2 Å². The minimum Gasteiger partial charge on any atom is -0.335 e. The Labute approximate surface area is 161 Å². The van der Waals surface area contributed by atoms with Crippen molar-refractivity contribution in [1.82, 2.24) is 14.8 Å². The van der Waals surface area contributed by atoms with Gasteiger partial charge in [-0.15, -0.1) is 11.3 Å². The lowest BCUT2D eigenvalue weighted by Crippen LogP contribution is -2.54. The molecule has 2 aromatic rings. The maximum atomic E-state index is 13.2. The molecule has 0 spiro atoms. The maximum absolute atomic E-state index is 13.2. The summed E-state index contributed by atoms with van der Waals surface area (Å²) >= 11 is 1.38. The summed E-state index contributed by atoms with van der Waals surface area (Å²) in [5.41, 5.74) is 6.40. The third-order valence-electron chi connectivity index (χ3n) is 4.57. The van der Waals surface area contributed by atoms with Gasteiger partial charge in [-0.3, -0.25) is 14.5 Å². The van der Waals surface area contributed by atoms with Crippen LogP contribution in [0.15, 0.2) is 29.6 Å². The maximum Gasteiger partial charge on any atom is 0.273 e. The van der Waals surface area contributed by atoms with Crippen LogP contribution in [0.2, 0.25) is 0 Å². The number of hydrogen-bond donors (Lipinski definition) is 2. The molecule has 144 valence electrons. The lowest BCUT2D eigenvalue weighted by Gasteiger charge is -2.37. The summed E-state index contributed by atoms with van der Waals surface area (Å²) in [6, 6.07) is 5.43. The Morgan fingerprint density at radius 2 is 2.07 bits per heavy atom. The van der Waals surface area contributed by atoms with E-state index in [4.69, 9.17) is 5.73 Å². The number of thiazole rings is 1. The lowest BCUT2D eigenvalue weighted by atomic mass is 10.2. The summed E-state index contributed by atoms with van der Waals surface area (Å²) in [6.07, 6.45) is 0. The third-order valence-corrected chi connectivity index (χ3v) is 5.44. The van der Waals surface area contributed by atoms with E-state index in [9.17, 15) is 14.0 Å². The minimum absolute atomic E-state index is 0.109. The predicted molar refractivity (Wildman–Crippen MR) is 102 cm³/mol. The fourth-order valence-corrected chi connectivity index (χ4v) is 3.60. The Kier molecular flexibility index (Phi) is 6.15. The number of benzene rings is 1. The minimum atomic E-state index is -0.396. The highest BCUT2D eigenvalue weighted by atomic mass is 32.1. The van der Waals surface area contributed by atoms with E-state index in [2.05, 4.69) is 10.3 Å². The number of aromatic nitrogens is 1. The largest absolute Gasteiger partial charge is 0.335 e. The SMILES string of the molecule is CC(C(=O)Nc1cccc(F)c1)N1CCN(C(=O)c2csc(CN)n2)CC1. The number of nitrogens with one attached hydrogen (secondary N) is 1. The third kappa shape index (κ3) is 4.68. The molecule has 3 rings (SSSR count). The highest BCUT2D eigenvalue weighted by Gasteiger charge is 2.28. The zero-order valence-electron chi connectivity index (χ0n) is 15.0. The second-order valence-electron chi connectivity index (χ2n) is 6.33. The molecule has 0 bridgehead atoms. The number of carbonyl (C=O) groups is 2. The molecule has 1 aromatic carbocycles. The van der Waals surface area contributed by atoms with E-state index in [0.29, 0.717) is 44.1 Å². The van der Waals surface area contributed by atoms with Crippen molar-refractivity contribution in [2.45, 2.75) is 19.5 Å². The van der Waals surface area contributed by atoms with Crippen LogP contribution < -0.4 is 11.1 Å². The van der Waals surface area contributed by atoms with Gasteiger partial charge in [-0.05, 0) is 25.1 Å². The molecule has 1 aliphatic heterocycles. The van der Waals surface area contributed by atoms with Gasteiger partial charge in [0.15, 0.2) is 0 Å². The topological polar surface area (TPSA) is 91.6 Å². The van der Waals surface area contributed by atoms with Gasteiger partial charge >= 0.3 is 0 Å². The predicted octanol–water partition coefficient (Wildman–Crippen LogP) is 1.53. The van der Waals surface area contributed by atoms with E-state index in [1.807, 2.05) is 4.90 Å². The van der Waals surface area contributed by atoms with Crippen LogP contribution in [-0.4, -0.2) is 58.8 Å². The number of piperazine rings is 1. The standard InChI is InChI=1S/C18H22FN5O2S/c1-12(17(25)21-14-4-2-3-13(19)9-14)23-5-7-24(8-6-23)18(26)15-11-27-16(10-20)22-15/h2-4,9,11-12H,5-8,10,20H2,1H3,(H,21,25). The fourth-order valence-electron chi connectivity index (χ4n) is 2.96. The number of amides is 2. The van der Waals surface area contributed by atoms with Crippen molar-refractivity contribution in [3.8, 4) is 0 Å². The highest BCUT2D eigenvalue weighted by Crippen LogP contribution is 2.15. The van der Waals surface area contributed by atoms with Crippen LogP contribution in [0.5, 0.6) is 0 Å². The monoisotopic (exact) mass is 391 g/mol. The molecule has 9 heteroatoms. The van der Waals surface area contributed by atoms with Gasteiger partial charge in [-0.2, -0.15) is 0 Å². The number of halogens is 1. The zero-order chi connectivity index (χ0) is 19.4. The van der Waals surface area contributed by atoms with Gasteiger partial charge in [-0.25, -0.2) is 9.37 Å². The average molecular weight is 391 g/mol. The number of anilines is 1. The highest BCUT2D eigenvalue weighted by molar-refractivity contribution is 7.09. The summed E-state index contributed by atoms with van der Waals surface area (Å²) < 4.78 is 13.2. The van der Waals surface area contributed by atoms with Crippen LogP contribution in [0.25, 0.3) is 0 Å². The quantitative estimate of drug-likeness (QED) is 0.807. The zero-order valence-corrected chi connectivity index (χ0v) is 15.8. The van der Waals surface area contributed by atoms with E-state index >= 15 is 0 Å². The van der Waals surface area contributed by atoms with Gasteiger partial charge in [-0.1, -0.05) is 6.07 Å². The fraction of sp³-hybridized carbons (Fsp3) is 0.389. The van der Waals surface area contributed by atoms with Crippen LogP contribution in [0.3, 0.4) is 0 Å². The molecule has 0 aliphatic carbocycles. The van der Waals surface area contributed by atoms with Crippen LogP contribution in [-0.2, 0) is 11.3 Å². The normalized spacial score (nSPS) is 16.2. The molecule has 0 radical (unpaired) electrons. The van der Waals surface area contributed by atoms with E-state index in [-0.39, 0.29) is 17.9 Å². The molecule has 1 fully saturated rings. The first-order valence-corrected chi connectivity index (χ1v) is 9.60. The van der Waals surface area contributed by atoms with Crippen molar-refractivity contribution in [3.63, 3.8) is 0 Å². The van der Waals surface area contributed by atoms with Gasteiger partial charge < -0.3 is 16.0 Å². The Morgan fingerprint density at radius 3 is 2.70 bits per heavy atom. The van der Waals surface area contributed by atoms with Crippen LogP contribution >= 0.6 is 11.3 Å². The summed E-state index contributed by atoms with van der Waals surface area (Å²) in [5, 5.41) is 5.19. The molecule has 1 unspecified atom stereocenters. The molecule has 1 atom stereocenters. The molecule has 0 saturated carbocycles. The van der Waals surface area contributed by atoms with Crippen LogP contribution in [0.4, 0.5) is 10.1 Å². The van der Waals surface area contributed by atoms with Crippen LogP contribution in [0, 0.1) is 5.82 Å². The average Bonchev–Trinajstić information content (AvgIpc) is 3.16. The second-order valence-corrected chi connectivity index (χ2v) is 7.28. The number of nitrogens with two attached hydrogens (primary N) is 1. The van der Waals surface area contributed by atoms with Crippen molar-refractivity contribution in [1.29, 1.82) is 0 Å². The van der Waals surface area contributed by atoms with Gasteiger partial charge in [0.2, 0.25) is 5.91 Å². The molecule has 2 heterocycles. The van der Waals surface area contributed by atoms with Crippen molar-refractivity contribution in [2.75, 3.05) is 31.5 Å². The number of nitrogens with zero attached hydrogens (tertiary/aromatic N) is 3. The number of hydrogen-bond acceptors (Lipinski definition) is 6. The summed E-state index contributed by atoms with van der Waals surface area (Å²) in [4.78, 5) is 32.9. The molecule has 1 saturated heterocycles. The Hall–Kier alpha value is -2.36. The second kappa shape index (κ2) is 8.55. The summed E-state index contributed by atoms with van der Waals surface area (Å²) in [7, 11) is 0. The molecular formula is C18H22FN5O2S. The van der Waals surface area contributed by atoms with E-state index < -0.39 is 5.82 Å². The van der Waals surface area contributed by atoms with Crippen molar-refractivity contribution >= 4 is 28.8 Å². The molecule has 1 aromatic heterocycles. The molecular weight excluding hydrogens is 369 g/mol. The molecule has 7 nitrogen and oxygen atoms in total. The van der Waals surface area contributed by atoms with Gasteiger partial charge in [0.1, 0.15) is 16.5 Å². The summed E-state index contributed by atoms with van der Waals surface area (Å²) in [6.45, 7) is 4.33. The van der Waals surface area contributed by atoms with Crippen molar-refractivity contribution in [2.24, 2.45) is 5.73 Å². The van der Waals surface area contributed by atoms with Crippen LogP contribution in [0.1, 0.15) is 22.4 Å². The molecule has 2 amide bonds. The van der Waals surface area contributed by atoms with E-state index in [0.717, 1.165) is 5.01 Å². The molecule has 1 aliphatic rings. The van der Waals surface area contributed by atoms with Gasteiger partial charge in [0.05, 0.1) is 6.04 Å². The Balaban J connectivity index is 1.53. The Bertz CT molecular complexity index is 820. The van der Waals surface area contributed by atoms with E-state index in [1.54, 1.807) is 29.3 Å². The van der Waals surface area contributed by atoms with Gasteiger partial charge in [0, 0.05) is 43.8 Å². The molecule has 27 heavy (non-hydrogen) atoms. The first kappa shape index (κ1) is 19.4. The van der Waals surface area contributed by atoms with Crippen molar-refractivity contribution < 1.29 is 14.0 Å². The smallest absolute Gasteiger partial charge is 0.273 e. The lowest BCUT2D eigenvalue weighted by molar-refractivity contribution is -0.121. The Morgan fingerprint density at radius 1 is 1.33 bits per heavy atom.